The van der Waals surface area contributed by atoms with Gasteiger partial charge in [0.1, 0.15) is 11.5 Å². The summed E-state index contributed by atoms with van der Waals surface area (Å²) >= 11 is 5.86. The summed E-state index contributed by atoms with van der Waals surface area (Å²) in [6, 6.07) is 11.8. The minimum Gasteiger partial charge on any atom is -0.508 e. The quantitative estimate of drug-likeness (QED) is 0.904. The number of hydrogen-bond acceptors (Lipinski definition) is 3. The van der Waals surface area contributed by atoms with E-state index in [1.54, 1.807) is 50.2 Å². The van der Waals surface area contributed by atoms with Crippen molar-refractivity contribution in [1.82, 2.24) is 0 Å². The fraction of sp³-hybridized carbons (Fsp3) is 0.188. The topological polar surface area (TPSA) is 58.6 Å². The van der Waals surface area contributed by atoms with Gasteiger partial charge in [-0.25, -0.2) is 0 Å². The first-order valence-electron chi connectivity index (χ1n) is 6.48. The molecule has 2 aromatic rings. The summed E-state index contributed by atoms with van der Waals surface area (Å²) in [5.74, 6) is 0.353. The molecule has 2 N–H and O–H groups in total. The van der Waals surface area contributed by atoms with Crippen LogP contribution in [0.4, 0.5) is 5.69 Å². The summed E-state index contributed by atoms with van der Waals surface area (Å²) in [5.41, 5.74) is 1.26. The molecular formula is C16H16ClNO3. The Bertz CT molecular complexity index is 658. The monoisotopic (exact) mass is 305 g/mol. The van der Waals surface area contributed by atoms with Crippen LogP contribution in [-0.2, 0) is 4.79 Å². The second kappa shape index (κ2) is 6.50. The molecular weight excluding hydrogens is 290 g/mol. The number of hydrogen-bond donors (Lipinski definition) is 2. The van der Waals surface area contributed by atoms with Crippen LogP contribution in [0.3, 0.4) is 0 Å². The number of halogens is 1. The van der Waals surface area contributed by atoms with E-state index in [-0.39, 0.29) is 11.7 Å². The van der Waals surface area contributed by atoms with Crippen molar-refractivity contribution >= 4 is 23.2 Å². The summed E-state index contributed by atoms with van der Waals surface area (Å²) < 4.78 is 5.52. The number of phenols is 1. The molecule has 2 rings (SSSR count). The Kier molecular flexibility index (Phi) is 4.70. The third kappa shape index (κ3) is 4.13. The Morgan fingerprint density at radius 2 is 2.05 bits per heavy atom. The molecule has 0 aromatic heterocycles. The van der Waals surface area contributed by atoms with Crippen molar-refractivity contribution < 1.29 is 14.6 Å². The summed E-state index contributed by atoms with van der Waals surface area (Å²) in [6.45, 7) is 3.43. The van der Waals surface area contributed by atoms with Gasteiger partial charge in [-0.1, -0.05) is 23.7 Å². The van der Waals surface area contributed by atoms with Gasteiger partial charge >= 0.3 is 0 Å². The van der Waals surface area contributed by atoms with Crippen LogP contribution in [0.2, 0.25) is 5.02 Å². The first-order valence-corrected chi connectivity index (χ1v) is 6.86. The molecule has 0 radical (unpaired) electrons. The van der Waals surface area contributed by atoms with E-state index in [2.05, 4.69) is 5.32 Å². The number of anilines is 1. The third-order valence-corrected chi connectivity index (χ3v) is 3.19. The Morgan fingerprint density at radius 1 is 1.29 bits per heavy atom. The van der Waals surface area contributed by atoms with Crippen LogP contribution in [-0.4, -0.2) is 17.1 Å². The number of aromatic hydroxyl groups is 1. The van der Waals surface area contributed by atoms with Gasteiger partial charge in [-0.05, 0) is 43.7 Å². The van der Waals surface area contributed by atoms with Crippen LogP contribution in [0.5, 0.6) is 11.5 Å². The molecule has 0 unspecified atom stereocenters. The van der Waals surface area contributed by atoms with E-state index in [1.165, 1.54) is 6.07 Å². The standard InChI is InChI=1S/C16H16ClNO3/c1-10-6-7-13(9-15(10)19)18-16(20)11(2)21-14-5-3-4-12(17)8-14/h3-9,11,19H,1-2H3,(H,18,20)/t11-/m1/s1. The average molecular weight is 306 g/mol. The molecule has 0 aliphatic carbocycles. The molecule has 4 nitrogen and oxygen atoms in total. The zero-order valence-electron chi connectivity index (χ0n) is 11.8. The zero-order valence-corrected chi connectivity index (χ0v) is 12.5. The molecule has 1 amide bonds. The van der Waals surface area contributed by atoms with Crippen molar-refractivity contribution in [3.8, 4) is 11.5 Å². The number of benzene rings is 2. The number of rotatable bonds is 4. The Labute approximate surface area is 128 Å². The largest absolute Gasteiger partial charge is 0.508 e. The predicted octanol–water partition coefficient (Wildman–Crippen LogP) is 3.76. The number of carbonyl (C=O) groups excluding carboxylic acids is 1. The SMILES string of the molecule is Cc1ccc(NC(=O)[C@@H](C)Oc2cccc(Cl)c2)cc1O. The highest BCUT2D eigenvalue weighted by Crippen LogP contribution is 2.22. The maximum absolute atomic E-state index is 12.0. The molecule has 21 heavy (non-hydrogen) atoms. The van der Waals surface area contributed by atoms with Crippen LogP contribution in [0.15, 0.2) is 42.5 Å². The molecule has 0 heterocycles. The van der Waals surface area contributed by atoms with E-state index in [0.29, 0.717) is 16.5 Å². The van der Waals surface area contributed by atoms with Crippen molar-refractivity contribution in [2.45, 2.75) is 20.0 Å². The lowest BCUT2D eigenvalue weighted by molar-refractivity contribution is -0.122. The maximum Gasteiger partial charge on any atom is 0.265 e. The molecule has 0 bridgehead atoms. The molecule has 5 heteroatoms. The van der Waals surface area contributed by atoms with Gasteiger partial charge in [0.2, 0.25) is 0 Å². The molecule has 1 atom stereocenters. The van der Waals surface area contributed by atoms with Gasteiger partial charge in [-0.15, -0.1) is 0 Å². The highest BCUT2D eigenvalue weighted by molar-refractivity contribution is 6.30. The lowest BCUT2D eigenvalue weighted by atomic mass is 10.2. The number of phenolic OH excluding ortho intramolecular Hbond substituents is 1. The maximum atomic E-state index is 12.0. The van der Waals surface area contributed by atoms with E-state index >= 15 is 0 Å². The summed E-state index contributed by atoms with van der Waals surface area (Å²) in [5, 5.41) is 12.9. The fourth-order valence-corrected chi connectivity index (χ4v) is 1.91. The van der Waals surface area contributed by atoms with Gasteiger partial charge in [0.05, 0.1) is 0 Å². The first kappa shape index (κ1) is 15.2. The number of ether oxygens (including phenoxy) is 1. The average Bonchev–Trinajstić information content (AvgIpc) is 2.43. The Morgan fingerprint density at radius 3 is 2.71 bits per heavy atom. The molecule has 0 aliphatic rings. The van der Waals surface area contributed by atoms with E-state index in [1.807, 2.05) is 0 Å². The van der Waals surface area contributed by atoms with Crippen LogP contribution >= 0.6 is 11.6 Å². The number of amides is 1. The summed E-state index contributed by atoms with van der Waals surface area (Å²) in [7, 11) is 0. The zero-order chi connectivity index (χ0) is 15.4. The fourth-order valence-electron chi connectivity index (χ4n) is 1.73. The highest BCUT2D eigenvalue weighted by atomic mass is 35.5. The van der Waals surface area contributed by atoms with Gasteiger partial charge in [0.15, 0.2) is 6.10 Å². The van der Waals surface area contributed by atoms with E-state index in [4.69, 9.17) is 16.3 Å². The molecule has 2 aromatic carbocycles. The first-order chi connectivity index (χ1) is 9.95. The number of carbonyl (C=O) groups is 1. The molecule has 0 saturated carbocycles. The lowest BCUT2D eigenvalue weighted by Crippen LogP contribution is -2.30. The summed E-state index contributed by atoms with van der Waals surface area (Å²) in [4.78, 5) is 12.0. The lowest BCUT2D eigenvalue weighted by Gasteiger charge is -2.15. The minimum absolute atomic E-state index is 0.135. The second-order valence-electron chi connectivity index (χ2n) is 4.71. The van der Waals surface area contributed by atoms with Gasteiger partial charge in [0, 0.05) is 16.8 Å². The molecule has 0 saturated heterocycles. The minimum atomic E-state index is -0.688. The van der Waals surface area contributed by atoms with Gasteiger partial charge in [-0.3, -0.25) is 4.79 Å². The Hall–Kier alpha value is -2.20. The van der Waals surface area contributed by atoms with Crippen LogP contribution in [0.1, 0.15) is 12.5 Å². The van der Waals surface area contributed by atoms with E-state index < -0.39 is 6.10 Å². The highest BCUT2D eigenvalue weighted by Gasteiger charge is 2.15. The number of nitrogens with one attached hydrogen (secondary N) is 1. The second-order valence-corrected chi connectivity index (χ2v) is 5.14. The summed E-state index contributed by atoms with van der Waals surface area (Å²) in [6.07, 6.45) is -0.688. The van der Waals surface area contributed by atoms with Gasteiger partial charge < -0.3 is 15.2 Å². The van der Waals surface area contributed by atoms with Crippen molar-refractivity contribution in [3.63, 3.8) is 0 Å². The Balaban J connectivity index is 2.00. The van der Waals surface area contributed by atoms with E-state index in [0.717, 1.165) is 5.56 Å². The molecule has 110 valence electrons. The molecule has 0 spiro atoms. The van der Waals surface area contributed by atoms with Gasteiger partial charge in [-0.2, -0.15) is 0 Å². The van der Waals surface area contributed by atoms with Crippen molar-refractivity contribution in [2.24, 2.45) is 0 Å². The predicted molar refractivity (Wildman–Crippen MR) is 83.0 cm³/mol. The van der Waals surface area contributed by atoms with Crippen LogP contribution < -0.4 is 10.1 Å². The van der Waals surface area contributed by atoms with Crippen LogP contribution in [0.25, 0.3) is 0 Å². The normalized spacial score (nSPS) is 11.8. The van der Waals surface area contributed by atoms with Gasteiger partial charge in [0.25, 0.3) is 5.91 Å². The molecule has 0 aliphatic heterocycles. The van der Waals surface area contributed by atoms with Crippen molar-refractivity contribution in [2.75, 3.05) is 5.32 Å². The van der Waals surface area contributed by atoms with Crippen molar-refractivity contribution in [1.29, 1.82) is 0 Å². The van der Waals surface area contributed by atoms with Crippen molar-refractivity contribution in [3.05, 3.63) is 53.1 Å². The smallest absolute Gasteiger partial charge is 0.265 e. The van der Waals surface area contributed by atoms with E-state index in [9.17, 15) is 9.90 Å². The molecule has 0 fully saturated rings. The number of aryl methyl sites for hydroxylation is 1. The third-order valence-electron chi connectivity index (χ3n) is 2.95. The van der Waals surface area contributed by atoms with Crippen LogP contribution in [0, 0.1) is 6.92 Å².